The molecule has 1 aliphatic rings. The van der Waals surface area contributed by atoms with Crippen LogP contribution in [0.25, 0.3) is 0 Å². The number of likely N-dealkylation sites (N-methyl/N-ethyl adjacent to an activating group) is 1. The lowest BCUT2D eigenvalue weighted by Gasteiger charge is -2.37. The van der Waals surface area contributed by atoms with Crippen molar-refractivity contribution in [3.8, 4) is 5.75 Å². The van der Waals surface area contributed by atoms with Gasteiger partial charge >= 0.3 is 0 Å². The molecule has 3 heteroatoms. The van der Waals surface area contributed by atoms with Crippen LogP contribution >= 0.6 is 0 Å². The van der Waals surface area contributed by atoms with E-state index in [2.05, 4.69) is 36.5 Å². The summed E-state index contributed by atoms with van der Waals surface area (Å²) in [6.45, 7) is 7.20. The maximum atomic E-state index is 5.97. The average molecular weight is 291 g/mol. The van der Waals surface area contributed by atoms with Gasteiger partial charge in [0.15, 0.2) is 0 Å². The predicted molar refractivity (Wildman–Crippen MR) is 86.8 cm³/mol. The summed E-state index contributed by atoms with van der Waals surface area (Å²) in [5.74, 6) is 0.932. The van der Waals surface area contributed by atoms with Crippen molar-refractivity contribution in [1.29, 1.82) is 0 Å². The van der Waals surface area contributed by atoms with Crippen LogP contribution in [0, 0.1) is 0 Å². The second-order valence-electron chi connectivity index (χ2n) is 6.20. The first-order valence-electron chi connectivity index (χ1n) is 8.16. The topological polar surface area (TPSA) is 30.5 Å². The van der Waals surface area contributed by atoms with E-state index < -0.39 is 0 Å². The van der Waals surface area contributed by atoms with E-state index in [-0.39, 0.29) is 17.7 Å². The molecule has 0 saturated heterocycles. The Labute approximate surface area is 129 Å². The first-order chi connectivity index (χ1) is 10.1. The van der Waals surface area contributed by atoms with Crippen molar-refractivity contribution in [2.24, 2.45) is 0 Å². The van der Waals surface area contributed by atoms with Gasteiger partial charge < -0.3 is 14.8 Å². The quantitative estimate of drug-likeness (QED) is 0.821. The van der Waals surface area contributed by atoms with Gasteiger partial charge in [-0.15, -0.1) is 0 Å². The molecular weight excluding hydrogens is 262 g/mol. The number of ether oxygens (including phenoxy) is 2. The molecule has 1 aromatic rings. The van der Waals surface area contributed by atoms with Gasteiger partial charge in [0.05, 0.1) is 17.7 Å². The molecule has 3 nitrogen and oxygen atoms in total. The molecule has 0 radical (unpaired) electrons. The third-order valence-corrected chi connectivity index (χ3v) is 4.38. The Hall–Kier alpha value is -1.06. The molecule has 0 bridgehead atoms. The summed E-state index contributed by atoms with van der Waals surface area (Å²) in [5.41, 5.74) is 1.23. The second kappa shape index (κ2) is 7.28. The van der Waals surface area contributed by atoms with Crippen LogP contribution in [0.1, 0.15) is 58.1 Å². The number of rotatable bonds is 7. The Morgan fingerprint density at radius 1 is 1.14 bits per heavy atom. The van der Waals surface area contributed by atoms with Gasteiger partial charge in [0, 0.05) is 7.11 Å². The normalized spacial score (nSPS) is 18.9. The van der Waals surface area contributed by atoms with Gasteiger partial charge in [0.1, 0.15) is 5.75 Å². The summed E-state index contributed by atoms with van der Waals surface area (Å²) in [6, 6.07) is 8.73. The SMILES string of the molecule is CCNC(c1ccc(OC(C)C)cc1)C1(OC)CCCC1. The van der Waals surface area contributed by atoms with Crippen molar-refractivity contribution in [3.63, 3.8) is 0 Å². The Kier molecular flexibility index (Phi) is 5.65. The highest BCUT2D eigenvalue weighted by atomic mass is 16.5. The number of hydrogen-bond acceptors (Lipinski definition) is 3. The van der Waals surface area contributed by atoms with Gasteiger partial charge in [-0.3, -0.25) is 0 Å². The number of hydrogen-bond donors (Lipinski definition) is 1. The van der Waals surface area contributed by atoms with E-state index >= 15 is 0 Å². The van der Waals surface area contributed by atoms with E-state index in [0.717, 1.165) is 25.1 Å². The van der Waals surface area contributed by atoms with Crippen molar-refractivity contribution >= 4 is 0 Å². The molecule has 0 aliphatic heterocycles. The summed E-state index contributed by atoms with van der Waals surface area (Å²) in [6.07, 6.45) is 4.98. The molecule has 1 atom stereocenters. The van der Waals surface area contributed by atoms with Gasteiger partial charge in [-0.2, -0.15) is 0 Å². The van der Waals surface area contributed by atoms with Crippen LogP contribution in [0.5, 0.6) is 5.75 Å². The fraction of sp³-hybridized carbons (Fsp3) is 0.667. The zero-order chi connectivity index (χ0) is 15.3. The average Bonchev–Trinajstić information content (AvgIpc) is 2.95. The molecule has 0 spiro atoms. The fourth-order valence-electron chi connectivity index (χ4n) is 3.41. The molecule has 118 valence electrons. The molecule has 1 aromatic carbocycles. The standard InChI is InChI=1S/C18H29NO2/c1-5-19-17(18(20-4)12-6-7-13-18)15-8-10-16(11-9-15)21-14(2)3/h8-11,14,17,19H,5-7,12-13H2,1-4H3. The minimum absolute atomic E-state index is 0.0591. The molecule has 0 amide bonds. The van der Waals surface area contributed by atoms with E-state index in [1.54, 1.807) is 0 Å². The largest absolute Gasteiger partial charge is 0.491 e. The van der Waals surface area contributed by atoms with E-state index in [1.165, 1.54) is 18.4 Å². The molecular formula is C18H29NO2. The van der Waals surface area contributed by atoms with Crippen LogP contribution in [0.3, 0.4) is 0 Å². The lowest BCUT2D eigenvalue weighted by molar-refractivity contribution is -0.0364. The van der Waals surface area contributed by atoms with Crippen LogP contribution in [0.2, 0.25) is 0 Å². The summed E-state index contributed by atoms with van der Waals surface area (Å²) >= 11 is 0. The lowest BCUT2D eigenvalue weighted by Crippen LogP contribution is -2.43. The number of benzene rings is 1. The predicted octanol–water partition coefficient (Wildman–Crippen LogP) is 4.08. The maximum absolute atomic E-state index is 5.97. The molecule has 21 heavy (non-hydrogen) atoms. The van der Waals surface area contributed by atoms with Crippen LogP contribution in [0.4, 0.5) is 0 Å². The minimum Gasteiger partial charge on any atom is -0.491 e. The highest BCUT2D eigenvalue weighted by molar-refractivity contribution is 5.31. The second-order valence-corrected chi connectivity index (χ2v) is 6.20. The molecule has 0 heterocycles. The lowest BCUT2D eigenvalue weighted by atomic mass is 9.86. The van der Waals surface area contributed by atoms with Crippen LogP contribution in [-0.4, -0.2) is 25.4 Å². The molecule has 1 fully saturated rings. The minimum atomic E-state index is -0.0591. The summed E-state index contributed by atoms with van der Waals surface area (Å²) in [7, 11) is 1.85. The molecule has 1 unspecified atom stereocenters. The van der Waals surface area contributed by atoms with Gasteiger partial charge in [-0.25, -0.2) is 0 Å². The smallest absolute Gasteiger partial charge is 0.119 e. The molecule has 1 aliphatic carbocycles. The molecule has 1 N–H and O–H groups in total. The van der Waals surface area contributed by atoms with E-state index in [9.17, 15) is 0 Å². The van der Waals surface area contributed by atoms with Gasteiger partial charge in [-0.05, 0) is 50.9 Å². The van der Waals surface area contributed by atoms with Gasteiger partial charge in [-0.1, -0.05) is 31.9 Å². The Morgan fingerprint density at radius 3 is 2.24 bits per heavy atom. The Balaban J connectivity index is 2.21. The third kappa shape index (κ3) is 3.78. The first kappa shape index (κ1) is 16.3. The van der Waals surface area contributed by atoms with Crippen LogP contribution in [0.15, 0.2) is 24.3 Å². The number of methoxy groups -OCH3 is 1. The summed E-state index contributed by atoms with van der Waals surface area (Å²) in [4.78, 5) is 0. The first-order valence-corrected chi connectivity index (χ1v) is 8.16. The maximum Gasteiger partial charge on any atom is 0.119 e. The highest BCUT2D eigenvalue weighted by Gasteiger charge is 2.41. The summed E-state index contributed by atoms with van der Waals surface area (Å²) in [5, 5.41) is 3.63. The molecule has 2 rings (SSSR count). The van der Waals surface area contributed by atoms with Crippen molar-refractivity contribution in [2.75, 3.05) is 13.7 Å². The highest BCUT2D eigenvalue weighted by Crippen LogP contribution is 2.42. The third-order valence-electron chi connectivity index (χ3n) is 4.38. The monoisotopic (exact) mass is 291 g/mol. The Bertz CT molecular complexity index is 421. The van der Waals surface area contributed by atoms with Crippen LogP contribution in [-0.2, 0) is 4.74 Å². The Morgan fingerprint density at radius 2 is 1.76 bits per heavy atom. The van der Waals surface area contributed by atoms with E-state index in [1.807, 2.05) is 21.0 Å². The summed E-state index contributed by atoms with van der Waals surface area (Å²) < 4.78 is 11.7. The van der Waals surface area contributed by atoms with E-state index in [0.29, 0.717) is 0 Å². The van der Waals surface area contributed by atoms with Crippen molar-refractivity contribution < 1.29 is 9.47 Å². The van der Waals surface area contributed by atoms with Crippen molar-refractivity contribution in [1.82, 2.24) is 5.32 Å². The van der Waals surface area contributed by atoms with Gasteiger partial charge in [0.2, 0.25) is 0 Å². The van der Waals surface area contributed by atoms with E-state index in [4.69, 9.17) is 9.47 Å². The van der Waals surface area contributed by atoms with Crippen molar-refractivity contribution in [3.05, 3.63) is 29.8 Å². The van der Waals surface area contributed by atoms with Crippen LogP contribution < -0.4 is 10.1 Å². The van der Waals surface area contributed by atoms with Gasteiger partial charge in [0.25, 0.3) is 0 Å². The zero-order valence-electron chi connectivity index (χ0n) is 13.8. The zero-order valence-corrected chi connectivity index (χ0v) is 13.8. The molecule has 1 saturated carbocycles. The fourth-order valence-corrected chi connectivity index (χ4v) is 3.41. The molecule has 0 aromatic heterocycles. The van der Waals surface area contributed by atoms with Crippen molar-refractivity contribution in [2.45, 2.75) is 64.2 Å². The number of nitrogens with one attached hydrogen (secondary N) is 1.